The Morgan fingerprint density at radius 1 is 1.10 bits per heavy atom. The number of carbonyl (C=O) groups is 1. The lowest BCUT2D eigenvalue weighted by Crippen LogP contribution is -2.23. The Hall–Kier alpha value is -4.01. The highest BCUT2D eigenvalue weighted by Crippen LogP contribution is 2.27. The molecule has 29 heavy (non-hydrogen) atoms. The lowest BCUT2D eigenvalue weighted by atomic mass is 10.2. The number of anilines is 1. The maximum absolute atomic E-state index is 12.5. The van der Waals surface area contributed by atoms with Gasteiger partial charge in [0.05, 0.1) is 35.7 Å². The molecule has 9 nitrogen and oxygen atoms in total. The summed E-state index contributed by atoms with van der Waals surface area (Å²) in [6.45, 7) is 0.218. The first kappa shape index (κ1) is 18.4. The van der Waals surface area contributed by atoms with E-state index in [0.29, 0.717) is 22.3 Å². The van der Waals surface area contributed by atoms with E-state index in [9.17, 15) is 9.59 Å². The molecule has 0 saturated carbocycles. The van der Waals surface area contributed by atoms with Crippen LogP contribution in [-0.4, -0.2) is 37.3 Å². The van der Waals surface area contributed by atoms with Crippen LogP contribution in [-0.2, 0) is 11.3 Å². The fourth-order valence-corrected chi connectivity index (χ4v) is 2.99. The maximum Gasteiger partial charge on any atom is 0.261 e. The quantitative estimate of drug-likeness (QED) is 0.540. The second-order valence-electron chi connectivity index (χ2n) is 6.31. The van der Waals surface area contributed by atoms with Gasteiger partial charge in [-0.3, -0.25) is 18.7 Å². The summed E-state index contributed by atoms with van der Waals surface area (Å²) < 4.78 is 8.48. The van der Waals surface area contributed by atoms with Crippen LogP contribution in [0, 0.1) is 0 Å². The fourth-order valence-electron chi connectivity index (χ4n) is 2.99. The Morgan fingerprint density at radius 2 is 1.90 bits per heavy atom. The van der Waals surface area contributed by atoms with Crippen molar-refractivity contribution in [1.29, 1.82) is 0 Å². The van der Waals surface area contributed by atoms with Crippen LogP contribution in [0.25, 0.3) is 16.6 Å². The summed E-state index contributed by atoms with van der Waals surface area (Å²) >= 11 is 0. The molecular weight excluding hydrogens is 372 g/mol. The Kier molecular flexibility index (Phi) is 5.02. The molecule has 0 radical (unpaired) electrons. The van der Waals surface area contributed by atoms with E-state index in [1.807, 2.05) is 12.1 Å². The minimum absolute atomic E-state index is 0.111. The number of nitrogens with one attached hydrogen (secondary N) is 1. The van der Waals surface area contributed by atoms with Gasteiger partial charge in [-0.2, -0.15) is 0 Å². The summed E-state index contributed by atoms with van der Waals surface area (Å²) in [7, 11) is 1.53. The van der Waals surface area contributed by atoms with Crippen molar-refractivity contribution in [3.63, 3.8) is 0 Å². The van der Waals surface area contributed by atoms with Gasteiger partial charge in [0.1, 0.15) is 18.4 Å². The fraction of sp³-hybridized carbons (Fsp3) is 0.150. The van der Waals surface area contributed by atoms with Crippen LogP contribution in [0.15, 0.2) is 66.2 Å². The van der Waals surface area contributed by atoms with E-state index in [1.165, 1.54) is 18.0 Å². The number of ether oxygens (including phenoxy) is 1. The van der Waals surface area contributed by atoms with Crippen molar-refractivity contribution in [2.45, 2.75) is 13.0 Å². The van der Waals surface area contributed by atoms with Crippen LogP contribution in [0.3, 0.4) is 0 Å². The summed E-state index contributed by atoms with van der Waals surface area (Å²) in [6.07, 6.45) is 4.70. The number of para-hydroxylation sites is 1. The highest BCUT2D eigenvalue weighted by atomic mass is 16.5. The van der Waals surface area contributed by atoms with Crippen LogP contribution >= 0.6 is 0 Å². The molecule has 1 N–H and O–H groups in total. The number of aromatic nitrogens is 5. The number of carbonyl (C=O) groups excluding carboxylic acids is 1. The number of benzene rings is 2. The van der Waals surface area contributed by atoms with E-state index in [0.717, 1.165) is 5.69 Å². The molecule has 146 valence electrons. The van der Waals surface area contributed by atoms with Crippen LogP contribution in [0.4, 0.5) is 5.69 Å². The van der Waals surface area contributed by atoms with Crippen molar-refractivity contribution in [3.8, 4) is 11.4 Å². The first-order valence-corrected chi connectivity index (χ1v) is 8.93. The summed E-state index contributed by atoms with van der Waals surface area (Å²) in [5.74, 6) is 0.281. The molecule has 4 rings (SSSR count). The molecule has 0 spiro atoms. The Balaban J connectivity index is 1.49. The molecule has 2 aromatic heterocycles. The standard InChI is InChI=1S/C20H18N6O3/c1-29-18-7-6-14(26-12-22-23-13-26)10-17(18)24-19(27)8-9-25-11-21-16-5-3-2-4-15(16)20(25)28/h2-7,10-13H,8-9H2,1H3,(H,24,27). The van der Waals surface area contributed by atoms with Gasteiger partial charge in [0.15, 0.2) is 0 Å². The average molecular weight is 390 g/mol. The molecule has 0 saturated heterocycles. The topological polar surface area (TPSA) is 104 Å². The highest BCUT2D eigenvalue weighted by molar-refractivity contribution is 5.92. The lowest BCUT2D eigenvalue weighted by Gasteiger charge is -2.13. The zero-order valence-electron chi connectivity index (χ0n) is 15.6. The van der Waals surface area contributed by atoms with Crippen molar-refractivity contribution in [1.82, 2.24) is 24.3 Å². The third kappa shape index (κ3) is 3.84. The number of methoxy groups -OCH3 is 1. The number of rotatable bonds is 6. The molecule has 0 bridgehead atoms. The molecule has 0 aliphatic heterocycles. The first-order valence-electron chi connectivity index (χ1n) is 8.93. The number of hydrogen-bond donors (Lipinski definition) is 1. The molecular formula is C20H18N6O3. The van der Waals surface area contributed by atoms with Gasteiger partial charge < -0.3 is 10.1 Å². The molecule has 0 atom stereocenters. The minimum atomic E-state index is -0.246. The van der Waals surface area contributed by atoms with Crippen molar-refractivity contribution in [2.24, 2.45) is 0 Å². The summed E-state index contributed by atoms with van der Waals surface area (Å²) in [6, 6.07) is 12.5. The summed E-state index contributed by atoms with van der Waals surface area (Å²) in [5.41, 5.74) is 1.76. The van der Waals surface area contributed by atoms with Crippen LogP contribution < -0.4 is 15.6 Å². The van der Waals surface area contributed by atoms with Crippen molar-refractivity contribution in [3.05, 3.63) is 71.8 Å². The van der Waals surface area contributed by atoms with Gasteiger partial charge in [0, 0.05) is 13.0 Å². The number of amides is 1. The van der Waals surface area contributed by atoms with Gasteiger partial charge >= 0.3 is 0 Å². The third-order valence-corrected chi connectivity index (χ3v) is 4.49. The summed E-state index contributed by atoms with van der Waals surface area (Å²) in [4.78, 5) is 29.3. The molecule has 2 heterocycles. The monoisotopic (exact) mass is 390 g/mol. The second kappa shape index (κ2) is 7.93. The predicted molar refractivity (Wildman–Crippen MR) is 107 cm³/mol. The molecule has 0 fully saturated rings. The second-order valence-corrected chi connectivity index (χ2v) is 6.31. The van der Waals surface area contributed by atoms with Crippen LogP contribution in [0.1, 0.15) is 6.42 Å². The Labute approximate surface area is 165 Å². The zero-order chi connectivity index (χ0) is 20.2. The molecule has 0 unspecified atom stereocenters. The van der Waals surface area contributed by atoms with Gasteiger partial charge in [-0.15, -0.1) is 10.2 Å². The van der Waals surface area contributed by atoms with E-state index in [1.54, 1.807) is 47.6 Å². The average Bonchev–Trinajstić information content (AvgIpc) is 3.28. The normalized spacial score (nSPS) is 10.8. The van der Waals surface area contributed by atoms with Crippen molar-refractivity contribution < 1.29 is 9.53 Å². The Bertz CT molecular complexity index is 1220. The number of aryl methyl sites for hydroxylation is 1. The molecule has 0 aliphatic rings. The molecule has 4 aromatic rings. The zero-order valence-corrected chi connectivity index (χ0v) is 15.6. The van der Waals surface area contributed by atoms with Crippen LogP contribution in [0.2, 0.25) is 0 Å². The summed E-state index contributed by atoms with van der Waals surface area (Å²) in [5, 5.41) is 10.9. The van der Waals surface area contributed by atoms with Gasteiger partial charge in [0.25, 0.3) is 5.56 Å². The van der Waals surface area contributed by atoms with Crippen LogP contribution in [0.5, 0.6) is 5.75 Å². The third-order valence-electron chi connectivity index (χ3n) is 4.49. The van der Waals surface area contributed by atoms with Gasteiger partial charge in [0.2, 0.25) is 5.91 Å². The SMILES string of the molecule is COc1ccc(-n2cnnc2)cc1NC(=O)CCn1cnc2ccccc2c1=O. The van der Waals surface area contributed by atoms with Gasteiger partial charge in [-0.05, 0) is 30.3 Å². The van der Waals surface area contributed by atoms with E-state index >= 15 is 0 Å². The lowest BCUT2D eigenvalue weighted by molar-refractivity contribution is -0.116. The minimum Gasteiger partial charge on any atom is -0.495 e. The van der Waals surface area contributed by atoms with Gasteiger partial charge in [-0.25, -0.2) is 4.98 Å². The highest BCUT2D eigenvalue weighted by Gasteiger charge is 2.11. The molecule has 9 heteroatoms. The molecule has 2 aromatic carbocycles. The van der Waals surface area contributed by atoms with Crippen molar-refractivity contribution in [2.75, 3.05) is 12.4 Å². The number of nitrogens with zero attached hydrogens (tertiary/aromatic N) is 5. The predicted octanol–water partition coefficient (Wildman–Crippen LogP) is 2.01. The molecule has 1 amide bonds. The first-order chi connectivity index (χ1) is 14.2. The number of fused-ring (bicyclic) bond motifs is 1. The van der Waals surface area contributed by atoms with E-state index < -0.39 is 0 Å². The largest absolute Gasteiger partial charge is 0.495 e. The number of hydrogen-bond acceptors (Lipinski definition) is 6. The van der Waals surface area contributed by atoms with Gasteiger partial charge in [-0.1, -0.05) is 12.1 Å². The van der Waals surface area contributed by atoms with E-state index in [-0.39, 0.29) is 24.4 Å². The Morgan fingerprint density at radius 3 is 2.69 bits per heavy atom. The van der Waals surface area contributed by atoms with E-state index in [2.05, 4.69) is 20.5 Å². The van der Waals surface area contributed by atoms with Crippen molar-refractivity contribution >= 4 is 22.5 Å². The molecule has 0 aliphatic carbocycles. The van der Waals surface area contributed by atoms with E-state index in [4.69, 9.17) is 4.74 Å². The maximum atomic E-state index is 12.5. The smallest absolute Gasteiger partial charge is 0.261 e.